The molecule has 0 aliphatic carbocycles. The van der Waals surface area contributed by atoms with Crippen LogP contribution in [0.5, 0.6) is 0 Å². The van der Waals surface area contributed by atoms with E-state index in [-0.39, 0.29) is 5.84 Å². The SMILES string of the molecule is CCSc1cccc(N2CCc3ccccc32)c1C(=N)N. The van der Waals surface area contributed by atoms with Gasteiger partial charge in [-0.3, -0.25) is 5.41 Å². The number of fused-ring (bicyclic) bond motifs is 1. The largest absolute Gasteiger partial charge is 0.384 e. The molecule has 0 unspecified atom stereocenters. The van der Waals surface area contributed by atoms with Crippen molar-refractivity contribution in [2.45, 2.75) is 18.2 Å². The molecule has 4 heteroatoms. The van der Waals surface area contributed by atoms with Gasteiger partial charge in [0.05, 0.1) is 11.3 Å². The number of nitrogens with two attached hydrogens (primary N) is 1. The van der Waals surface area contributed by atoms with E-state index in [0.29, 0.717) is 0 Å². The Morgan fingerprint density at radius 2 is 1.95 bits per heavy atom. The summed E-state index contributed by atoms with van der Waals surface area (Å²) in [5, 5.41) is 7.98. The molecular weight excluding hydrogens is 278 g/mol. The Balaban J connectivity index is 2.11. The van der Waals surface area contributed by atoms with Gasteiger partial charge < -0.3 is 10.6 Å². The van der Waals surface area contributed by atoms with E-state index < -0.39 is 0 Å². The lowest BCUT2D eigenvalue weighted by Crippen LogP contribution is -2.21. The van der Waals surface area contributed by atoms with Gasteiger partial charge in [-0.25, -0.2) is 0 Å². The van der Waals surface area contributed by atoms with Gasteiger partial charge in [-0.05, 0) is 35.9 Å². The molecule has 21 heavy (non-hydrogen) atoms. The Morgan fingerprint density at radius 1 is 1.19 bits per heavy atom. The topological polar surface area (TPSA) is 53.1 Å². The van der Waals surface area contributed by atoms with E-state index in [0.717, 1.165) is 34.9 Å². The maximum absolute atomic E-state index is 7.98. The number of nitrogens with one attached hydrogen (secondary N) is 1. The van der Waals surface area contributed by atoms with Crippen LogP contribution < -0.4 is 10.6 Å². The van der Waals surface area contributed by atoms with Crippen LogP contribution in [0.3, 0.4) is 0 Å². The number of nitrogen functional groups attached to an aromatic ring is 1. The second-order valence-electron chi connectivity index (χ2n) is 5.03. The molecule has 2 aromatic rings. The van der Waals surface area contributed by atoms with Gasteiger partial charge in [-0.2, -0.15) is 0 Å². The molecule has 0 amide bonds. The van der Waals surface area contributed by atoms with Gasteiger partial charge in [0.1, 0.15) is 5.84 Å². The zero-order chi connectivity index (χ0) is 14.8. The molecule has 1 heterocycles. The molecule has 0 fully saturated rings. The summed E-state index contributed by atoms with van der Waals surface area (Å²) in [5.41, 5.74) is 10.4. The lowest BCUT2D eigenvalue weighted by Gasteiger charge is -2.24. The van der Waals surface area contributed by atoms with Crippen LogP contribution in [0.15, 0.2) is 47.4 Å². The zero-order valence-corrected chi connectivity index (χ0v) is 12.9. The van der Waals surface area contributed by atoms with Crippen molar-refractivity contribution in [1.82, 2.24) is 0 Å². The summed E-state index contributed by atoms with van der Waals surface area (Å²) < 4.78 is 0. The third kappa shape index (κ3) is 2.51. The van der Waals surface area contributed by atoms with E-state index in [2.05, 4.69) is 54.3 Å². The maximum Gasteiger partial charge on any atom is 0.126 e. The number of hydrogen-bond acceptors (Lipinski definition) is 3. The smallest absolute Gasteiger partial charge is 0.126 e. The number of nitrogens with zero attached hydrogens (tertiary/aromatic N) is 1. The van der Waals surface area contributed by atoms with Crippen molar-refractivity contribution in [2.24, 2.45) is 5.73 Å². The van der Waals surface area contributed by atoms with Crippen molar-refractivity contribution in [3.63, 3.8) is 0 Å². The molecule has 108 valence electrons. The van der Waals surface area contributed by atoms with E-state index in [1.54, 1.807) is 11.8 Å². The first kappa shape index (κ1) is 14.0. The van der Waals surface area contributed by atoms with E-state index in [1.165, 1.54) is 11.3 Å². The molecule has 0 aromatic heterocycles. The third-order valence-electron chi connectivity index (χ3n) is 3.75. The van der Waals surface area contributed by atoms with E-state index in [1.807, 2.05) is 0 Å². The van der Waals surface area contributed by atoms with Crippen LogP contribution in [-0.2, 0) is 6.42 Å². The zero-order valence-electron chi connectivity index (χ0n) is 12.1. The highest BCUT2D eigenvalue weighted by atomic mass is 32.2. The minimum Gasteiger partial charge on any atom is -0.384 e. The molecule has 3 nitrogen and oxygen atoms in total. The first-order chi connectivity index (χ1) is 10.2. The summed E-state index contributed by atoms with van der Waals surface area (Å²) in [4.78, 5) is 3.37. The number of thioether (sulfide) groups is 1. The van der Waals surface area contributed by atoms with Crippen LogP contribution in [0.25, 0.3) is 0 Å². The van der Waals surface area contributed by atoms with Crippen LogP contribution >= 0.6 is 11.8 Å². The van der Waals surface area contributed by atoms with Crippen LogP contribution in [0.1, 0.15) is 18.1 Å². The van der Waals surface area contributed by atoms with E-state index >= 15 is 0 Å². The Bertz CT molecular complexity index is 681. The quantitative estimate of drug-likeness (QED) is 0.513. The van der Waals surface area contributed by atoms with Crippen molar-refractivity contribution >= 4 is 29.0 Å². The molecule has 0 radical (unpaired) electrons. The van der Waals surface area contributed by atoms with Crippen molar-refractivity contribution in [2.75, 3.05) is 17.2 Å². The molecule has 0 bridgehead atoms. The van der Waals surface area contributed by atoms with Crippen LogP contribution in [0.2, 0.25) is 0 Å². The molecule has 0 saturated carbocycles. The first-order valence-corrected chi connectivity index (χ1v) is 8.16. The van der Waals surface area contributed by atoms with Crippen molar-refractivity contribution in [1.29, 1.82) is 5.41 Å². The number of para-hydroxylation sites is 1. The minimum atomic E-state index is 0.144. The van der Waals surface area contributed by atoms with E-state index in [4.69, 9.17) is 11.1 Å². The maximum atomic E-state index is 7.98. The number of anilines is 2. The van der Waals surface area contributed by atoms with Gasteiger partial charge in [0, 0.05) is 17.1 Å². The lowest BCUT2D eigenvalue weighted by atomic mass is 10.1. The molecule has 3 N–H and O–H groups in total. The molecule has 0 atom stereocenters. The molecule has 0 spiro atoms. The summed E-state index contributed by atoms with van der Waals surface area (Å²) in [7, 11) is 0. The number of benzene rings is 2. The lowest BCUT2D eigenvalue weighted by molar-refractivity contribution is 0.993. The van der Waals surface area contributed by atoms with Gasteiger partial charge in [0.2, 0.25) is 0 Å². The van der Waals surface area contributed by atoms with Gasteiger partial charge in [-0.15, -0.1) is 11.8 Å². The van der Waals surface area contributed by atoms with Gasteiger partial charge in [0.25, 0.3) is 0 Å². The van der Waals surface area contributed by atoms with Gasteiger partial charge in [0.15, 0.2) is 0 Å². The Kier molecular flexibility index (Phi) is 3.88. The predicted molar refractivity (Wildman–Crippen MR) is 91.0 cm³/mol. The monoisotopic (exact) mass is 297 g/mol. The van der Waals surface area contributed by atoms with Crippen LogP contribution in [0, 0.1) is 5.41 Å². The fourth-order valence-electron chi connectivity index (χ4n) is 2.88. The summed E-state index contributed by atoms with van der Waals surface area (Å²) in [6.45, 7) is 3.06. The Morgan fingerprint density at radius 3 is 2.71 bits per heavy atom. The fraction of sp³-hybridized carbons (Fsp3) is 0.235. The van der Waals surface area contributed by atoms with Crippen LogP contribution in [-0.4, -0.2) is 18.1 Å². The second-order valence-corrected chi connectivity index (χ2v) is 6.33. The standard InChI is InChI=1S/C17H19N3S/c1-2-21-15-9-5-8-14(16(15)17(18)19)20-11-10-12-6-3-4-7-13(12)20/h3-9H,2,10-11H2,1H3,(H3,18,19). The first-order valence-electron chi connectivity index (χ1n) is 7.18. The van der Waals surface area contributed by atoms with Crippen molar-refractivity contribution < 1.29 is 0 Å². The highest BCUT2D eigenvalue weighted by Gasteiger charge is 2.23. The molecule has 2 aromatic carbocycles. The second kappa shape index (κ2) is 5.82. The van der Waals surface area contributed by atoms with Crippen molar-refractivity contribution in [3.05, 3.63) is 53.6 Å². The Hall–Kier alpha value is -1.94. The molecule has 1 aliphatic heterocycles. The average molecular weight is 297 g/mol. The summed E-state index contributed by atoms with van der Waals surface area (Å²) in [6.07, 6.45) is 1.04. The number of hydrogen-bond donors (Lipinski definition) is 2. The normalized spacial score (nSPS) is 13.3. The predicted octanol–water partition coefficient (Wildman–Crippen LogP) is 3.78. The molecular formula is C17H19N3S. The highest BCUT2D eigenvalue weighted by Crippen LogP contribution is 2.38. The summed E-state index contributed by atoms with van der Waals surface area (Å²) in [5.74, 6) is 1.12. The van der Waals surface area contributed by atoms with Gasteiger partial charge in [-0.1, -0.05) is 31.2 Å². The number of amidine groups is 1. The average Bonchev–Trinajstić information content (AvgIpc) is 2.91. The van der Waals surface area contributed by atoms with Crippen LogP contribution in [0.4, 0.5) is 11.4 Å². The molecule has 3 rings (SSSR count). The minimum absolute atomic E-state index is 0.144. The summed E-state index contributed by atoms with van der Waals surface area (Å²) in [6, 6.07) is 14.6. The number of rotatable bonds is 4. The Labute approximate surface area is 129 Å². The van der Waals surface area contributed by atoms with Crippen molar-refractivity contribution in [3.8, 4) is 0 Å². The van der Waals surface area contributed by atoms with Gasteiger partial charge >= 0.3 is 0 Å². The fourth-order valence-corrected chi connectivity index (χ4v) is 3.72. The molecule has 1 aliphatic rings. The van der Waals surface area contributed by atoms with E-state index in [9.17, 15) is 0 Å². The highest BCUT2D eigenvalue weighted by molar-refractivity contribution is 7.99. The summed E-state index contributed by atoms with van der Waals surface area (Å²) >= 11 is 1.74. The third-order valence-corrected chi connectivity index (χ3v) is 4.69. The molecule has 0 saturated heterocycles.